The maximum absolute atomic E-state index is 13.1. The van der Waals surface area contributed by atoms with Gasteiger partial charge in [0.25, 0.3) is 0 Å². The molecule has 100 valence electrons. The third-order valence-electron chi connectivity index (χ3n) is 2.74. The van der Waals surface area contributed by atoms with Crippen molar-refractivity contribution in [2.45, 2.75) is 12.5 Å². The van der Waals surface area contributed by atoms with Crippen LogP contribution in [-0.4, -0.2) is 4.98 Å². The summed E-state index contributed by atoms with van der Waals surface area (Å²) in [5.41, 5.74) is 4.65. The van der Waals surface area contributed by atoms with Crippen molar-refractivity contribution >= 4 is 38.5 Å². The van der Waals surface area contributed by atoms with Gasteiger partial charge in [0.2, 0.25) is 0 Å². The van der Waals surface area contributed by atoms with Gasteiger partial charge in [-0.05, 0) is 68.3 Å². The molecule has 6 heteroatoms. The molecule has 1 atom stereocenters. The van der Waals surface area contributed by atoms with E-state index in [0.29, 0.717) is 6.42 Å². The van der Waals surface area contributed by atoms with Gasteiger partial charge in [0.1, 0.15) is 5.82 Å². The zero-order valence-electron chi connectivity index (χ0n) is 9.91. The summed E-state index contributed by atoms with van der Waals surface area (Å²) in [7, 11) is 0. The minimum Gasteiger partial charge on any atom is -0.271 e. The SMILES string of the molecule is NNC(Cc1ccc(Br)cn1)c1ccc(F)cc1I. The fourth-order valence-electron chi connectivity index (χ4n) is 1.78. The van der Waals surface area contributed by atoms with Crippen molar-refractivity contribution in [1.29, 1.82) is 0 Å². The Labute approximate surface area is 133 Å². The highest BCUT2D eigenvalue weighted by atomic mass is 127. The highest BCUT2D eigenvalue weighted by Crippen LogP contribution is 2.23. The molecule has 0 aliphatic heterocycles. The second-order valence-electron chi connectivity index (χ2n) is 4.06. The predicted octanol–water partition coefficient (Wildman–Crippen LogP) is 3.33. The largest absolute Gasteiger partial charge is 0.271 e. The van der Waals surface area contributed by atoms with E-state index < -0.39 is 0 Å². The molecule has 19 heavy (non-hydrogen) atoms. The number of halogens is 3. The summed E-state index contributed by atoms with van der Waals surface area (Å²) >= 11 is 5.46. The lowest BCUT2D eigenvalue weighted by Gasteiger charge is -2.17. The van der Waals surface area contributed by atoms with E-state index in [-0.39, 0.29) is 11.9 Å². The van der Waals surface area contributed by atoms with Crippen molar-refractivity contribution < 1.29 is 4.39 Å². The molecule has 0 saturated heterocycles. The molecule has 0 bridgehead atoms. The van der Waals surface area contributed by atoms with Crippen molar-refractivity contribution in [3.8, 4) is 0 Å². The smallest absolute Gasteiger partial charge is 0.124 e. The summed E-state index contributed by atoms with van der Waals surface area (Å²) in [6.07, 6.45) is 2.39. The third kappa shape index (κ3) is 3.95. The Balaban J connectivity index is 2.22. The number of nitrogens with zero attached hydrogens (tertiary/aromatic N) is 1. The molecular weight excluding hydrogens is 424 g/mol. The number of hydrazine groups is 1. The van der Waals surface area contributed by atoms with Gasteiger partial charge in [-0.1, -0.05) is 6.07 Å². The Kier molecular flexibility index (Phi) is 5.26. The lowest BCUT2D eigenvalue weighted by molar-refractivity contribution is 0.541. The molecule has 1 aromatic carbocycles. The lowest BCUT2D eigenvalue weighted by Crippen LogP contribution is -2.30. The van der Waals surface area contributed by atoms with Crippen molar-refractivity contribution in [3.63, 3.8) is 0 Å². The highest BCUT2D eigenvalue weighted by Gasteiger charge is 2.14. The number of nitrogens with one attached hydrogen (secondary N) is 1. The van der Waals surface area contributed by atoms with E-state index in [1.165, 1.54) is 12.1 Å². The van der Waals surface area contributed by atoms with Crippen molar-refractivity contribution in [1.82, 2.24) is 10.4 Å². The molecular formula is C13H12BrFIN3. The first-order chi connectivity index (χ1) is 9.10. The fraction of sp³-hybridized carbons (Fsp3) is 0.154. The number of aromatic nitrogens is 1. The number of hydrogen-bond donors (Lipinski definition) is 2. The third-order valence-corrected chi connectivity index (χ3v) is 4.14. The number of pyridine rings is 1. The zero-order valence-corrected chi connectivity index (χ0v) is 13.7. The first-order valence-corrected chi connectivity index (χ1v) is 7.49. The van der Waals surface area contributed by atoms with Crippen LogP contribution in [0.4, 0.5) is 4.39 Å². The molecule has 2 aromatic rings. The van der Waals surface area contributed by atoms with Gasteiger partial charge in [0.15, 0.2) is 0 Å². The average molecular weight is 436 g/mol. The topological polar surface area (TPSA) is 50.9 Å². The molecule has 0 radical (unpaired) electrons. The van der Waals surface area contributed by atoms with Gasteiger partial charge in [-0.25, -0.2) is 4.39 Å². The van der Waals surface area contributed by atoms with Crippen LogP contribution in [0.15, 0.2) is 41.0 Å². The first-order valence-electron chi connectivity index (χ1n) is 5.61. The number of rotatable bonds is 4. The Morgan fingerprint density at radius 2 is 2.16 bits per heavy atom. The van der Waals surface area contributed by atoms with Crippen molar-refractivity contribution in [3.05, 3.63) is 61.6 Å². The summed E-state index contributed by atoms with van der Waals surface area (Å²) in [6, 6.07) is 8.46. The maximum atomic E-state index is 13.1. The molecule has 3 N–H and O–H groups in total. The molecule has 1 unspecified atom stereocenters. The van der Waals surface area contributed by atoms with Crippen LogP contribution in [0, 0.1) is 9.39 Å². The van der Waals surface area contributed by atoms with Gasteiger partial charge >= 0.3 is 0 Å². The molecule has 1 heterocycles. The molecule has 0 fully saturated rings. The normalized spacial score (nSPS) is 12.4. The van der Waals surface area contributed by atoms with E-state index in [2.05, 4.69) is 48.9 Å². The monoisotopic (exact) mass is 435 g/mol. The molecule has 2 rings (SSSR count). The molecule has 0 aliphatic carbocycles. The Morgan fingerprint density at radius 1 is 1.37 bits per heavy atom. The van der Waals surface area contributed by atoms with Crippen LogP contribution in [0.3, 0.4) is 0 Å². The first kappa shape index (κ1) is 14.8. The number of benzene rings is 1. The second kappa shape index (κ2) is 6.74. The molecule has 0 spiro atoms. The van der Waals surface area contributed by atoms with E-state index in [9.17, 15) is 4.39 Å². The maximum Gasteiger partial charge on any atom is 0.124 e. The van der Waals surface area contributed by atoms with Crippen LogP contribution in [0.5, 0.6) is 0 Å². The van der Waals surface area contributed by atoms with Gasteiger partial charge in [0.05, 0.1) is 6.04 Å². The summed E-state index contributed by atoms with van der Waals surface area (Å²) in [4.78, 5) is 4.32. The van der Waals surface area contributed by atoms with Crippen LogP contribution < -0.4 is 11.3 Å². The minimum absolute atomic E-state index is 0.0961. The van der Waals surface area contributed by atoms with E-state index in [0.717, 1.165) is 19.3 Å². The average Bonchev–Trinajstić information content (AvgIpc) is 2.39. The zero-order chi connectivity index (χ0) is 13.8. The van der Waals surface area contributed by atoms with Gasteiger partial charge in [-0.2, -0.15) is 0 Å². The molecule has 0 saturated carbocycles. The summed E-state index contributed by atoms with van der Waals surface area (Å²) in [6.45, 7) is 0. The summed E-state index contributed by atoms with van der Waals surface area (Å²) in [5.74, 6) is 5.36. The van der Waals surface area contributed by atoms with Crippen LogP contribution >= 0.6 is 38.5 Å². The lowest BCUT2D eigenvalue weighted by atomic mass is 10.0. The fourth-order valence-corrected chi connectivity index (χ4v) is 2.87. The Hall–Kier alpha value is -0.570. The standard InChI is InChI=1S/C13H12BrFIN3/c14-8-1-3-10(18-7-8)6-13(19-17)11-4-2-9(15)5-12(11)16/h1-5,7,13,19H,6,17H2. The second-order valence-corrected chi connectivity index (χ2v) is 6.13. The predicted molar refractivity (Wildman–Crippen MR) is 84.8 cm³/mol. The number of hydrogen-bond acceptors (Lipinski definition) is 3. The molecule has 3 nitrogen and oxygen atoms in total. The van der Waals surface area contributed by atoms with Crippen LogP contribution in [-0.2, 0) is 6.42 Å². The van der Waals surface area contributed by atoms with Crippen molar-refractivity contribution in [2.75, 3.05) is 0 Å². The van der Waals surface area contributed by atoms with E-state index in [1.807, 2.05) is 12.1 Å². The number of nitrogens with two attached hydrogens (primary N) is 1. The van der Waals surface area contributed by atoms with E-state index in [4.69, 9.17) is 5.84 Å². The molecule has 0 aliphatic rings. The van der Waals surface area contributed by atoms with Crippen molar-refractivity contribution in [2.24, 2.45) is 5.84 Å². The quantitative estimate of drug-likeness (QED) is 0.440. The summed E-state index contributed by atoms with van der Waals surface area (Å²) < 4.78 is 14.9. The molecule has 1 aromatic heterocycles. The van der Waals surface area contributed by atoms with Crippen LogP contribution in [0.25, 0.3) is 0 Å². The highest BCUT2D eigenvalue weighted by molar-refractivity contribution is 14.1. The molecule has 0 amide bonds. The van der Waals surface area contributed by atoms with Gasteiger partial charge in [0, 0.05) is 26.4 Å². The van der Waals surface area contributed by atoms with E-state index in [1.54, 1.807) is 12.3 Å². The minimum atomic E-state index is -0.245. The van der Waals surface area contributed by atoms with Crippen LogP contribution in [0.1, 0.15) is 17.3 Å². The van der Waals surface area contributed by atoms with E-state index >= 15 is 0 Å². The Morgan fingerprint density at radius 3 is 2.74 bits per heavy atom. The Bertz CT molecular complexity index is 562. The van der Waals surface area contributed by atoms with Crippen LogP contribution in [0.2, 0.25) is 0 Å². The van der Waals surface area contributed by atoms with Gasteiger partial charge < -0.3 is 0 Å². The summed E-state index contributed by atoms with van der Waals surface area (Å²) in [5, 5.41) is 0. The van der Waals surface area contributed by atoms with Gasteiger partial charge in [-0.3, -0.25) is 16.3 Å². The van der Waals surface area contributed by atoms with Gasteiger partial charge in [-0.15, -0.1) is 0 Å².